The standard InChI is InChI=1S/C11H12BrN5O2/c12-5-3-15-8-6(5)4(1-2-14-9(8)18)7-10(19)17-11(13)16-7/h3,6,8,15H,1-2H2,(H,14,18)(H3,13,16,17,19)/b7-4-. The van der Waals surface area contributed by atoms with Crippen molar-refractivity contribution in [3.05, 3.63) is 22.0 Å². The van der Waals surface area contributed by atoms with Crippen LogP contribution in [0.2, 0.25) is 0 Å². The molecule has 3 aliphatic rings. The second-order valence-electron chi connectivity index (χ2n) is 4.52. The van der Waals surface area contributed by atoms with E-state index in [1.54, 1.807) is 6.20 Å². The van der Waals surface area contributed by atoms with E-state index >= 15 is 0 Å². The van der Waals surface area contributed by atoms with Crippen molar-refractivity contribution >= 4 is 33.7 Å². The second kappa shape index (κ2) is 4.37. The summed E-state index contributed by atoms with van der Waals surface area (Å²) in [4.78, 5) is 27.8. The highest BCUT2D eigenvalue weighted by atomic mass is 79.9. The third-order valence-electron chi connectivity index (χ3n) is 3.38. The molecule has 0 radical (unpaired) electrons. The lowest BCUT2D eigenvalue weighted by molar-refractivity contribution is -0.123. The van der Waals surface area contributed by atoms with Gasteiger partial charge in [-0.1, -0.05) is 15.9 Å². The molecule has 100 valence electrons. The number of rotatable bonds is 0. The number of fused-ring (bicyclic) bond motifs is 1. The molecule has 19 heavy (non-hydrogen) atoms. The Bertz CT molecular complexity index is 565. The predicted octanol–water partition coefficient (Wildman–Crippen LogP) is -0.971. The van der Waals surface area contributed by atoms with Crippen LogP contribution in [0.3, 0.4) is 0 Å². The summed E-state index contributed by atoms with van der Waals surface area (Å²) in [6.45, 7) is 0.481. The summed E-state index contributed by atoms with van der Waals surface area (Å²) in [6, 6.07) is -0.413. The first-order valence-electron chi connectivity index (χ1n) is 5.86. The fourth-order valence-electron chi connectivity index (χ4n) is 2.55. The minimum Gasteiger partial charge on any atom is -0.378 e. The van der Waals surface area contributed by atoms with Crippen LogP contribution in [0.15, 0.2) is 26.9 Å². The number of hydrogen-bond donors (Lipinski definition) is 4. The second-order valence-corrected chi connectivity index (χ2v) is 5.43. The minimum atomic E-state index is -0.413. The van der Waals surface area contributed by atoms with Crippen LogP contribution >= 0.6 is 15.9 Å². The van der Waals surface area contributed by atoms with E-state index in [0.29, 0.717) is 18.7 Å². The maximum Gasteiger partial charge on any atom is 0.276 e. The van der Waals surface area contributed by atoms with Crippen molar-refractivity contribution in [3.63, 3.8) is 0 Å². The first kappa shape index (κ1) is 12.2. The monoisotopic (exact) mass is 325 g/mol. The molecule has 0 saturated carbocycles. The summed E-state index contributed by atoms with van der Waals surface area (Å²) in [6.07, 6.45) is 2.30. The molecule has 3 aliphatic heterocycles. The SMILES string of the molecule is NC1=N/C(=C2/CCNC(=O)C3NC=C(Br)C23)C(=O)N1. The van der Waals surface area contributed by atoms with Gasteiger partial charge in [-0.05, 0) is 12.0 Å². The summed E-state index contributed by atoms with van der Waals surface area (Å²) < 4.78 is 0.838. The van der Waals surface area contributed by atoms with Gasteiger partial charge in [0.1, 0.15) is 11.7 Å². The van der Waals surface area contributed by atoms with Crippen LogP contribution in [0, 0.1) is 5.92 Å². The fraction of sp³-hybridized carbons (Fsp3) is 0.364. The Balaban J connectivity index is 2.09. The molecule has 5 N–H and O–H groups in total. The molecule has 2 amide bonds. The number of hydrogen-bond acceptors (Lipinski definition) is 5. The summed E-state index contributed by atoms with van der Waals surface area (Å²) >= 11 is 3.44. The Kier molecular flexibility index (Phi) is 2.81. The zero-order valence-electron chi connectivity index (χ0n) is 9.87. The lowest BCUT2D eigenvalue weighted by Gasteiger charge is -2.19. The van der Waals surface area contributed by atoms with E-state index in [0.717, 1.165) is 10.1 Å². The Labute approximate surface area is 117 Å². The van der Waals surface area contributed by atoms with E-state index in [2.05, 4.69) is 36.9 Å². The van der Waals surface area contributed by atoms with Gasteiger partial charge in [-0.2, -0.15) is 0 Å². The van der Waals surface area contributed by atoms with Crippen LogP contribution < -0.4 is 21.7 Å². The summed E-state index contributed by atoms with van der Waals surface area (Å²) in [5.74, 6) is -0.508. The molecule has 0 bridgehead atoms. The number of carbonyl (C=O) groups is 2. The number of guanidine groups is 1. The Hall–Kier alpha value is -1.83. The number of carbonyl (C=O) groups excluding carboxylic acids is 2. The van der Waals surface area contributed by atoms with Crippen molar-refractivity contribution in [2.24, 2.45) is 16.6 Å². The maximum atomic E-state index is 11.9. The quantitative estimate of drug-likeness (QED) is 0.430. The topological polar surface area (TPSA) is 109 Å². The summed E-state index contributed by atoms with van der Waals surface area (Å²) in [7, 11) is 0. The maximum absolute atomic E-state index is 11.9. The molecule has 1 fully saturated rings. The molecule has 0 aromatic heterocycles. The van der Waals surface area contributed by atoms with Gasteiger partial charge in [0.15, 0.2) is 0 Å². The van der Waals surface area contributed by atoms with Gasteiger partial charge in [-0.25, -0.2) is 4.99 Å². The number of halogens is 1. The molecule has 0 aromatic carbocycles. The van der Waals surface area contributed by atoms with E-state index in [1.165, 1.54) is 0 Å². The van der Waals surface area contributed by atoms with Crippen LogP contribution in [0.4, 0.5) is 0 Å². The molecule has 0 aliphatic carbocycles. The molecule has 0 spiro atoms. The average Bonchev–Trinajstić information content (AvgIpc) is 2.83. The predicted molar refractivity (Wildman–Crippen MR) is 71.8 cm³/mol. The van der Waals surface area contributed by atoms with Gasteiger partial charge >= 0.3 is 0 Å². The summed E-state index contributed by atoms with van der Waals surface area (Å²) in [5.41, 5.74) is 6.65. The van der Waals surface area contributed by atoms with E-state index in [9.17, 15) is 9.59 Å². The third kappa shape index (κ3) is 1.92. The van der Waals surface area contributed by atoms with Crippen molar-refractivity contribution < 1.29 is 9.59 Å². The van der Waals surface area contributed by atoms with Crippen LogP contribution in [0.1, 0.15) is 6.42 Å². The van der Waals surface area contributed by atoms with Gasteiger partial charge < -0.3 is 16.4 Å². The van der Waals surface area contributed by atoms with Gasteiger partial charge in [0, 0.05) is 23.1 Å². The molecule has 8 heteroatoms. The van der Waals surface area contributed by atoms with Crippen LogP contribution in [-0.4, -0.2) is 30.4 Å². The molecule has 1 saturated heterocycles. The fourth-order valence-corrected chi connectivity index (χ4v) is 3.23. The highest BCUT2D eigenvalue weighted by Gasteiger charge is 2.41. The molecule has 7 nitrogen and oxygen atoms in total. The normalized spacial score (nSPS) is 33.7. The minimum absolute atomic E-state index is 0.0818. The van der Waals surface area contributed by atoms with Crippen LogP contribution in [0.5, 0.6) is 0 Å². The first-order chi connectivity index (χ1) is 9.08. The van der Waals surface area contributed by atoms with Crippen molar-refractivity contribution in [1.82, 2.24) is 16.0 Å². The van der Waals surface area contributed by atoms with Crippen molar-refractivity contribution in [3.8, 4) is 0 Å². The van der Waals surface area contributed by atoms with Crippen LogP contribution in [0.25, 0.3) is 0 Å². The molecule has 2 unspecified atom stereocenters. The third-order valence-corrected chi connectivity index (χ3v) is 4.10. The zero-order chi connectivity index (χ0) is 13.6. The average molecular weight is 326 g/mol. The van der Waals surface area contributed by atoms with E-state index in [1.807, 2.05) is 0 Å². The number of aliphatic imine (C=N–C) groups is 1. The molecule has 0 aromatic rings. The van der Waals surface area contributed by atoms with Crippen molar-refractivity contribution in [2.75, 3.05) is 6.54 Å². The summed E-state index contributed by atoms with van der Waals surface area (Å²) in [5, 5.41) is 8.29. The van der Waals surface area contributed by atoms with Gasteiger partial charge in [-0.3, -0.25) is 14.9 Å². The Morgan fingerprint density at radius 2 is 2.21 bits per heavy atom. The van der Waals surface area contributed by atoms with Gasteiger partial charge in [0.05, 0.1) is 0 Å². The molecular formula is C11H12BrN5O2. The lowest BCUT2D eigenvalue weighted by Crippen LogP contribution is -2.42. The van der Waals surface area contributed by atoms with Gasteiger partial charge in [0.25, 0.3) is 5.91 Å². The number of nitrogens with zero attached hydrogens (tertiary/aromatic N) is 1. The molecule has 2 atom stereocenters. The van der Waals surface area contributed by atoms with E-state index in [-0.39, 0.29) is 23.7 Å². The highest BCUT2D eigenvalue weighted by Crippen LogP contribution is 2.37. The number of nitrogens with two attached hydrogens (primary N) is 1. The largest absolute Gasteiger partial charge is 0.378 e. The zero-order valence-corrected chi connectivity index (χ0v) is 11.5. The van der Waals surface area contributed by atoms with Gasteiger partial charge in [0.2, 0.25) is 11.9 Å². The van der Waals surface area contributed by atoms with Crippen LogP contribution in [-0.2, 0) is 9.59 Å². The van der Waals surface area contributed by atoms with E-state index in [4.69, 9.17) is 5.73 Å². The lowest BCUT2D eigenvalue weighted by atomic mass is 9.90. The van der Waals surface area contributed by atoms with Crippen molar-refractivity contribution in [2.45, 2.75) is 12.5 Å². The molecule has 3 rings (SSSR count). The number of nitrogens with one attached hydrogen (secondary N) is 3. The molecule has 3 heterocycles. The Morgan fingerprint density at radius 3 is 2.89 bits per heavy atom. The first-order valence-corrected chi connectivity index (χ1v) is 6.65. The smallest absolute Gasteiger partial charge is 0.276 e. The van der Waals surface area contributed by atoms with E-state index < -0.39 is 6.04 Å². The van der Waals surface area contributed by atoms with Gasteiger partial charge in [-0.15, -0.1) is 0 Å². The highest BCUT2D eigenvalue weighted by molar-refractivity contribution is 9.11. The molecular weight excluding hydrogens is 314 g/mol. The number of amides is 2. The Morgan fingerprint density at radius 1 is 1.42 bits per heavy atom. The van der Waals surface area contributed by atoms with Crippen molar-refractivity contribution in [1.29, 1.82) is 0 Å².